The molecular formula is C23H27FN6O. The van der Waals surface area contributed by atoms with Gasteiger partial charge in [-0.1, -0.05) is 12.5 Å². The number of nitrogens with zero attached hydrogens (tertiary/aromatic N) is 4. The molecule has 0 aliphatic carbocycles. The number of fused-ring (bicyclic) bond motifs is 2. The van der Waals surface area contributed by atoms with E-state index in [0.29, 0.717) is 23.1 Å². The second-order valence-corrected chi connectivity index (χ2v) is 8.67. The minimum absolute atomic E-state index is 0.0682. The van der Waals surface area contributed by atoms with Gasteiger partial charge in [-0.25, -0.2) is 9.37 Å². The van der Waals surface area contributed by atoms with Gasteiger partial charge in [-0.3, -0.25) is 10.1 Å². The van der Waals surface area contributed by atoms with Crippen LogP contribution in [-0.4, -0.2) is 56.6 Å². The van der Waals surface area contributed by atoms with Crippen LogP contribution in [0, 0.1) is 6.92 Å². The summed E-state index contributed by atoms with van der Waals surface area (Å²) in [4.78, 5) is 11.0. The van der Waals surface area contributed by atoms with E-state index in [0.717, 1.165) is 42.6 Å². The van der Waals surface area contributed by atoms with E-state index >= 15 is 4.39 Å². The number of rotatable bonds is 4. The number of benzene rings is 1. The molecule has 2 aromatic heterocycles. The molecule has 2 bridgehead atoms. The van der Waals surface area contributed by atoms with Crippen LogP contribution < -0.4 is 10.2 Å². The van der Waals surface area contributed by atoms with E-state index in [9.17, 15) is 5.11 Å². The lowest BCUT2D eigenvalue weighted by Gasteiger charge is -2.46. The van der Waals surface area contributed by atoms with E-state index in [1.165, 1.54) is 0 Å². The highest BCUT2D eigenvalue weighted by Gasteiger charge is 2.41. The van der Waals surface area contributed by atoms with Crippen molar-refractivity contribution in [3.8, 4) is 28.3 Å². The predicted octanol–water partition coefficient (Wildman–Crippen LogP) is 3.61. The van der Waals surface area contributed by atoms with E-state index in [2.05, 4.69) is 25.5 Å². The smallest absolute Gasteiger partial charge is 0.147 e. The van der Waals surface area contributed by atoms with Crippen LogP contribution in [0.1, 0.15) is 31.4 Å². The number of aromatic nitrogens is 4. The summed E-state index contributed by atoms with van der Waals surface area (Å²) in [5.74, 6) is 0.760. The van der Waals surface area contributed by atoms with Gasteiger partial charge in [0.25, 0.3) is 0 Å². The average molecular weight is 423 g/mol. The van der Waals surface area contributed by atoms with Crippen molar-refractivity contribution in [3.63, 3.8) is 0 Å². The highest BCUT2D eigenvalue weighted by Crippen LogP contribution is 2.34. The molecule has 2 saturated heterocycles. The SMILES string of the molecule is Cc1cc(-c2ccc(-c3cnc(N(C)[C@H]4C[C@@H]5CCCC(N5)[C@H]4F)cn3)c(O)c2)[nH]n1. The maximum atomic E-state index is 15.0. The Morgan fingerprint density at radius 3 is 2.74 bits per heavy atom. The van der Waals surface area contributed by atoms with Crippen LogP contribution in [0.2, 0.25) is 0 Å². The van der Waals surface area contributed by atoms with Crippen LogP contribution in [0.25, 0.3) is 22.5 Å². The summed E-state index contributed by atoms with van der Waals surface area (Å²) in [7, 11) is 1.89. The Morgan fingerprint density at radius 1 is 1.16 bits per heavy atom. The molecule has 0 radical (unpaired) electrons. The number of hydrogen-bond donors (Lipinski definition) is 3. The van der Waals surface area contributed by atoms with Gasteiger partial charge in [-0.15, -0.1) is 0 Å². The van der Waals surface area contributed by atoms with Crippen LogP contribution in [0.3, 0.4) is 0 Å². The lowest BCUT2D eigenvalue weighted by molar-refractivity contribution is 0.107. The molecule has 7 nitrogen and oxygen atoms in total. The molecule has 3 N–H and O–H groups in total. The van der Waals surface area contributed by atoms with Crippen molar-refractivity contribution >= 4 is 5.82 Å². The number of aromatic hydroxyl groups is 1. The summed E-state index contributed by atoms with van der Waals surface area (Å²) in [6.07, 6.45) is 6.22. The molecular weight excluding hydrogens is 395 g/mol. The average Bonchev–Trinajstić information content (AvgIpc) is 3.22. The van der Waals surface area contributed by atoms with Crippen molar-refractivity contribution in [1.82, 2.24) is 25.5 Å². The van der Waals surface area contributed by atoms with Crippen LogP contribution in [-0.2, 0) is 0 Å². The molecule has 2 aliphatic rings. The third-order valence-corrected chi connectivity index (χ3v) is 6.58. The Labute approximate surface area is 180 Å². The van der Waals surface area contributed by atoms with E-state index in [1.54, 1.807) is 18.5 Å². The molecule has 162 valence electrons. The molecule has 0 saturated carbocycles. The lowest BCUT2D eigenvalue weighted by atomic mass is 9.82. The van der Waals surface area contributed by atoms with E-state index in [-0.39, 0.29) is 17.8 Å². The highest BCUT2D eigenvalue weighted by molar-refractivity contribution is 5.73. The number of hydrogen-bond acceptors (Lipinski definition) is 6. The number of aryl methyl sites for hydroxylation is 1. The molecule has 2 aliphatic heterocycles. The quantitative estimate of drug-likeness (QED) is 0.595. The molecule has 4 heterocycles. The number of aromatic amines is 1. The van der Waals surface area contributed by atoms with Crippen LogP contribution in [0.15, 0.2) is 36.7 Å². The van der Waals surface area contributed by atoms with Crippen LogP contribution in [0.5, 0.6) is 5.75 Å². The molecule has 31 heavy (non-hydrogen) atoms. The number of phenols is 1. The molecule has 3 aromatic rings. The fourth-order valence-corrected chi connectivity index (χ4v) is 4.85. The minimum atomic E-state index is -0.925. The molecule has 4 atom stereocenters. The largest absolute Gasteiger partial charge is 0.507 e. The molecule has 0 spiro atoms. The molecule has 1 unspecified atom stereocenters. The van der Waals surface area contributed by atoms with Crippen molar-refractivity contribution in [2.24, 2.45) is 0 Å². The first kappa shape index (κ1) is 19.9. The number of halogens is 1. The zero-order chi connectivity index (χ0) is 21.5. The van der Waals surface area contributed by atoms with Crippen molar-refractivity contribution < 1.29 is 9.50 Å². The van der Waals surface area contributed by atoms with Gasteiger partial charge in [-0.05, 0) is 44.4 Å². The number of piperidine rings is 2. The first-order chi connectivity index (χ1) is 15.0. The summed E-state index contributed by atoms with van der Waals surface area (Å²) in [5.41, 5.74) is 3.74. The number of anilines is 1. The van der Waals surface area contributed by atoms with Gasteiger partial charge in [0.05, 0.1) is 35.5 Å². The van der Waals surface area contributed by atoms with Gasteiger partial charge in [0, 0.05) is 30.3 Å². The number of phenolic OH excluding ortho intramolecular Hbond substituents is 1. The van der Waals surface area contributed by atoms with Gasteiger partial charge in [-0.2, -0.15) is 5.10 Å². The first-order valence-electron chi connectivity index (χ1n) is 10.8. The summed E-state index contributed by atoms with van der Waals surface area (Å²) >= 11 is 0. The van der Waals surface area contributed by atoms with E-state index < -0.39 is 6.17 Å². The highest BCUT2D eigenvalue weighted by atomic mass is 19.1. The van der Waals surface area contributed by atoms with E-state index in [1.807, 2.05) is 37.1 Å². The monoisotopic (exact) mass is 422 g/mol. The normalized spacial score (nSPS) is 25.4. The second kappa shape index (κ2) is 7.92. The summed E-state index contributed by atoms with van der Waals surface area (Å²) < 4.78 is 15.0. The molecule has 5 rings (SSSR count). The Bertz CT molecular complexity index is 1070. The summed E-state index contributed by atoms with van der Waals surface area (Å²) in [6, 6.07) is 7.44. The zero-order valence-corrected chi connectivity index (χ0v) is 17.7. The number of nitrogens with one attached hydrogen (secondary N) is 2. The predicted molar refractivity (Wildman–Crippen MR) is 118 cm³/mol. The molecule has 8 heteroatoms. The van der Waals surface area contributed by atoms with Gasteiger partial charge >= 0.3 is 0 Å². The van der Waals surface area contributed by atoms with Crippen molar-refractivity contribution in [2.45, 2.75) is 56.9 Å². The minimum Gasteiger partial charge on any atom is -0.507 e. The Hall–Kier alpha value is -3.00. The Kier molecular flexibility index (Phi) is 5.09. The third-order valence-electron chi connectivity index (χ3n) is 6.58. The van der Waals surface area contributed by atoms with Crippen molar-refractivity contribution in [2.75, 3.05) is 11.9 Å². The lowest BCUT2D eigenvalue weighted by Crippen LogP contribution is -2.61. The molecule has 1 aromatic carbocycles. The second-order valence-electron chi connectivity index (χ2n) is 8.67. The van der Waals surface area contributed by atoms with Gasteiger partial charge < -0.3 is 15.3 Å². The Balaban J connectivity index is 1.35. The molecule has 0 amide bonds. The van der Waals surface area contributed by atoms with Gasteiger partial charge in [0.15, 0.2) is 0 Å². The van der Waals surface area contributed by atoms with E-state index in [4.69, 9.17) is 0 Å². The summed E-state index contributed by atoms with van der Waals surface area (Å²) in [6.45, 7) is 1.91. The summed E-state index contributed by atoms with van der Waals surface area (Å²) in [5, 5.41) is 21.0. The maximum Gasteiger partial charge on any atom is 0.147 e. The number of alkyl halides is 1. The van der Waals surface area contributed by atoms with Crippen LogP contribution >= 0.6 is 0 Å². The third kappa shape index (κ3) is 3.76. The Morgan fingerprint density at radius 2 is 2.03 bits per heavy atom. The fraction of sp³-hybridized carbons (Fsp3) is 0.435. The van der Waals surface area contributed by atoms with Crippen molar-refractivity contribution in [1.29, 1.82) is 0 Å². The zero-order valence-electron chi connectivity index (χ0n) is 17.7. The fourth-order valence-electron chi connectivity index (χ4n) is 4.85. The topological polar surface area (TPSA) is 90.0 Å². The van der Waals surface area contributed by atoms with Gasteiger partial charge in [0.1, 0.15) is 17.7 Å². The maximum absolute atomic E-state index is 15.0. The molecule has 2 fully saturated rings. The standard InChI is InChI=1S/C23H27FN6O/c1-13-8-18(29-28-13)14-6-7-16(21(31)9-14)19-11-26-22(12-25-19)30(2)20-10-15-4-3-5-17(27-15)23(20)24/h6-9,11-12,15,17,20,23,27,31H,3-5,10H2,1-2H3,(H,28,29)/t15-,17?,20-,23+/m0/s1. The van der Waals surface area contributed by atoms with Gasteiger partial charge in [0.2, 0.25) is 0 Å². The van der Waals surface area contributed by atoms with Crippen LogP contribution in [0.4, 0.5) is 10.2 Å². The first-order valence-corrected chi connectivity index (χ1v) is 10.8. The number of H-pyrrole nitrogens is 1. The van der Waals surface area contributed by atoms with Crippen molar-refractivity contribution in [3.05, 3.63) is 42.4 Å².